The van der Waals surface area contributed by atoms with Gasteiger partial charge in [-0.15, -0.1) is 0 Å². The molecule has 0 heterocycles. The maximum Gasteiger partial charge on any atom is 0.251 e. The van der Waals surface area contributed by atoms with Gasteiger partial charge in [-0.1, -0.05) is 6.42 Å². The summed E-state index contributed by atoms with van der Waals surface area (Å²) in [7, 11) is 0. The third-order valence-electron chi connectivity index (χ3n) is 4.79. The molecule has 3 atom stereocenters. The highest BCUT2D eigenvalue weighted by Gasteiger charge is 2.40. The molecule has 1 N–H and O–H groups in total. The fourth-order valence-corrected chi connectivity index (χ4v) is 3.78. The monoisotopic (exact) mass is 273 g/mol. The van der Waals surface area contributed by atoms with Gasteiger partial charge in [0.1, 0.15) is 5.75 Å². The molecular weight excluding hydrogens is 250 g/mol. The molecule has 1 amide bonds. The SMILES string of the molecule is CCOc1ccc(C(=O)N[C@@H]2C[C@@H]3CC[C@@H]2C3)cc1C. The Morgan fingerprint density at radius 1 is 1.35 bits per heavy atom. The Morgan fingerprint density at radius 3 is 2.80 bits per heavy atom. The Kier molecular flexibility index (Phi) is 3.68. The second-order valence-electron chi connectivity index (χ2n) is 6.17. The van der Waals surface area contributed by atoms with Crippen LogP contribution in [0.25, 0.3) is 0 Å². The fourth-order valence-electron chi connectivity index (χ4n) is 3.78. The van der Waals surface area contributed by atoms with Gasteiger partial charge in [-0.25, -0.2) is 0 Å². The normalized spacial score (nSPS) is 27.6. The molecule has 1 aromatic carbocycles. The molecular formula is C17H23NO2. The quantitative estimate of drug-likeness (QED) is 0.914. The van der Waals surface area contributed by atoms with Crippen molar-refractivity contribution < 1.29 is 9.53 Å². The number of benzene rings is 1. The highest BCUT2D eigenvalue weighted by Crippen LogP contribution is 2.44. The van der Waals surface area contributed by atoms with Crippen LogP contribution in [-0.2, 0) is 0 Å². The van der Waals surface area contributed by atoms with Crippen LogP contribution in [0.4, 0.5) is 0 Å². The number of carbonyl (C=O) groups is 1. The van der Waals surface area contributed by atoms with Crippen molar-refractivity contribution in [1.29, 1.82) is 0 Å². The van der Waals surface area contributed by atoms with Crippen molar-refractivity contribution in [3.05, 3.63) is 29.3 Å². The molecule has 1 aromatic rings. The summed E-state index contributed by atoms with van der Waals surface area (Å²) in [4.78, 5) is 12.3. The van der Waals surface area contributed by atoms with Crippen LogP contribution in [0.5, 0.6) is 5.75 Å². The third-order valence-corrected chi connectivity index (χ3v) is 4.79. The predicted molar refractivity (Wildman–Crippen MR) is 79.1 cm³/mol. The second kappa shape index (κ2) is 5.47. The van der Waals surface area contributed by atoms with Crippen LogP contribution in [0.15, 0.2) is 18.2 Å². The van der Waals surface area contributed by atoms with E-state index in [0.717, 1.165) is 22.8 Å². The zero-order chi connectivity index (χ0) is 14.1. The van der Waals surface area contributed by atoms with Crippen molar-refractivity contribution in [1.82, 2.24) is 5.32 Å². The van der Waals surface area contributed by atoms with Gasteiger partial charge in [0.05, 0.1) is 6.61 Å². The lowest BCUT2D eigenvalue weighted by Crippen LogP contribution is -2.38. The van der Waals surface area contributed by atoms with Crippen LogP contribution in [0.2, 0.25) is 0 Å². The Bertz CT molecular complexity index is 512. The Hall–Kier alpha value is -1.51. The molecule has 0 aliphatic heterocycles. The molecule has 0 unspecified atom stereocenters. The van der Waals surface area contributed by atoms with Gasteiger partial charge in [-0.3, -0.25) is 4.79 Å². The topological polar surface area (TPSA) is 38.3 Å². The molecule has 20 heavy (non-hydrogen) atoms. The average molecular weight is 273 g/mol. The van der Waals surface area contributed by atoms with Crippen molar-refractivity contribution in [2.75, 3.05) is 6.61 Å². The number of aryl methyl sites for hydroxylation is 1. The first kappa shape index (κ1) is 13.5. The smallest absolute Gasteiger partial charge is 0.251 e. The lowest BCUT2D eigenvalue weighted by atomic mass is 9.95. The number of hydrogen-bond donors (Lipinski definition) is 1. The zero-order valence-electron chi connectivity index (χ0n) is 12.3. The fraction of sp³-hybridized carbons (Fsp3) is 0.588. The number of hydrogen-bond acceptors (Lipinski definition) is 2. The first-order chi connectivity index (χ1) is 9.67. The molecule has 3 nitrogen and oxygen atoms in total. The summed E-state index contributed by atoms with van der Waals surface area (Å²) in [6.07, 6.45) is 5.14. The van der Waals surface area contributed by atoms with Crippen molar-refractivity contribution >= 4 is 5.91 Å². The lowest BCUT2D eigenvalue weighted by molar-refractivity contribution is 0.0923. The van der Waals surface area contributed by atoms with Crippen molar-refractivity contribution in [2.45, 2.75) is 45.6 Å². The van der Waals surface area contributed by atoms with Gasteiger partial charge in [-0.2, -0.15) is 0 Å². The van der Waals surface area contributed by atoms with Crippen LogP contribution < -0.4 is 10.1 Å². The molecule has 0 saturated heterocycles. The number of rotatable bonds is 4. The number of ether oxygens (including phenoxy) is 1. The molecule has 0 aromatic heterocycles. The van der Waals surface area contributed by atoms with Crippen LogP contribution in [0.1, 0.15) is 48.5 Å². The first-order valence-corrected chi connectivity index (χ1v) is 7.71. The van der Waals surface area contributed by atoms with E-state index in [1.165, 1.54) is 25.7 Å². The Balaban J connectivity index is 1.66. The van der Waals surface area contributed by atoms with Crippen LogP contribution in [0, 0.1) is 18.8 Å². The number of amides is 1. The minimum Gasteiger partial charge on any atom is -0.494 e. The average Bonchev–Trinajstić information content (AvgIpc) is 3.03. The van der Waals surface area contributed by atoms with Gasteiger partial charge >= 0.3 is 0 Å². The van der Waals surface area contributed by atoms with Crippen LogP contribution >= 0.6 is 0 Å². The molecule has 108 valence electrons. The van der Waals surface area contributed by atoms with E-state index in [0.29, 0.717) is 18.6 Å². The number of fused-ring (bicyclic) bond motifs is 2. The highest BCUT2D eigenvalue weighted by molar-refractivity contribution is 5.94. The Morgan fingerprint density at radius 2 is 2.20 bits per heavy atom. The van der Waals surface area contributed by atoms with Crippen molar-refractivity contribution in [3.63, 3.8) is 0 Å². The molecule has 2 aliphatic carbocycles. The van der Waals surface area contributed by atoms with E-state index >= 15 is 0 Å². The largest absolute Gasteiger partial charge is 0.494 e. The molecule has 2 aliphatic rings. The van der Waals surface area contributed by atoms with Gasteiger partial charge in [-0.05, 0) is 68.7 Å². The molecule has 2 fully saturated rings. The first-order valence-electron chi connectivity index (χ1n) is 7.71. The molecule has 2 bridgehead atoms. The van der Waals surface area contributed by atoms with E-state index < -0.39 is 0 Å². The molecule has 3 heteroatoms. The molecule has 0 spiro atoms. The standard InChI is InChI=1S/C17H23NO2/c1-3-20-16-7-6-14(8-11(16)2)17(19)18-15-10-12-4-5-13(15)9-12/h6-8,12-13,15H,3-5,9-10H2,1-2H3,(H,18,19)/t12-,13-,15-/m1/s1. The summed E-state index contributed by atoms with van der Waals surface area (Å²) in [5.74, 6) is 2.50. The summed E-state index contributed by atoms with van der Waals surface area (Å²) in [5, 5.41) is 3.23. The van der Waals surface area contributed by atoms with E-state index in [1.54, 1.807) is 0 Å². The lowest BCUT2D eigenvalue weighted by Gasteiger charge is -2.23. The summed E-state index contributed by atoms with van der Waals surface area (Å²) >= 11 is 0. The Labute approximate surface area is 120 Å². The van der Waals surface area contributed by atoms with E-state index in [1.807, 2.05) is 32.0 Å². The van der Waals surface area contributed by atoms with E-state index in [2.05, 4.69) is 5.32 Å². The predicted octanol–water partition coefficient (Wildman–Crippen LogP) is 3.31. The van der Waals surface area contributed by atoms with E-state index in [9.17, 15) is 4.79 Å². The molecule has 0 radical (unpaired) electrons. The van der Waals surface area contributed by atoms with Crippen LogP contribution in [0.3, 0.4) is 0 Å². The van der Waals surface area contributed by atoms with Crippen molar-refractivity contribution in [2.24, 2.45) is 11.8 Å². The second-order valence-corrected chi connectivity index (χ2v) is 6.17. The minimum absolute atomic E-state index is 0.0636. The van der Waals surface area contributed by atoms with Crippen LogP contribution in [-0.4, -0.2) is 18.6 Å². The molecule has 3 rings (SSSR count). The number of nitrogens with one attached hydrogen (secondary N) is 1. The van der Waals surface area contributed by atoms with E-state index in [-0.39, 0.29) is 5.91 Å². The summed E-state index contributed by atoms with van der Waals surface area (Å²) in [6.45, 7) is 4.60. The third kappa shape index (κ3) is 2.54. The van der Waals surface area contributed by atoms with Gasteiger partial charge in [0.15, 0.2) is 0 Å². The minimum atomic E-state index is 0.0636. The number of carbonyl (C=O) groups excluding carboxylic acids is 1. The maximum absolute atomic E-state index is 12.3. The summed E-state index contributed by atoms with van der Waals surface area (Å²) in [6, 6.07) is 6.08. The molecule has 2 saturated carbocycles. The van der Waals surface area contributed by atoms with Gasteiger partial charge in [0.25, 0.3) is 5.91 Å². The van der Waals surface area contributed by atoms with Gasteiger partial charge < -0.3 is 10.1 Å². The van der Waals surface area contributed by atoms with Gasteiger partial charge in [0.2, 0.25) is 0 Å². The summed E-state index contributed by atoms with van der Waals surface area (Å²) in [5.41, 5.74) is 1.76. The summed E-state index contributed by atoms with van der Waals surface area (Å²) < 4.78 is 5.51. The highest BCUT2D eigenvalue weighted by atomic mass is 16.5. The van der Waals surface area contributed by atoms with E-state index in [4.69, 9.17) is 4.74 Å². The zero-order valence-corrected chi connectivity index (χ0v) is 12.3. The van der Waals surface area contributed by atoms with Gasteiger partial charge in [0, 0.05) is 11.6 Å². The van der Waals surface area contributed by atoms with Crippen molar-refractivity contribution in [3.8, 4) is 5.75 Å². The maximum atomic E-state index is 12.3.